The Labute approximate surface area is 122 Å². The molecule has 0 saturated heterocycles. The lowest BCUT2D eigenvalue weighted by Gasteiger charge is -2.10. The zero-order chi connectivity index (χ0) is 12.4. The molecule has 0 aliphatic rings. The minimum Gasteiger partial charge on any atom is -0.387 e. The Bertz CT molecular complexity index is 527. The predicted molar refractivity (Wildman–Crippen MR) is 77.1 cm³/mol. The molecular formula is C12H9BrCl2OS. The lowest BCUT2D eigenvalue weighted by molar-refractivity contribution is 0.182. The molecule has 0 fully saturated rings. The van der Waals surface area contributed by atoms with Crippen LogP contribution < -0.4 is 0 Å². The maximum atomic E-state index is 10.1. The molecule has 1 heterocycles. The summed E-state index contributed by atoms with van der Waals surface area (Å²) in [6, 6.07) is 9.14. The average molecular weight is 352 g/mol. The van der Waals surface area contributed by atoms with E-state index in [1.807, 2.05) is 18.2 Å². The highest BCUT2D eigenvalue weighted by Crippen LogP contribution is 2.31. The van der Waals surface area contributed by atoms with Gasteiger partial charge in [-0.25, -0.2) is 0 Å². The first-order valence-corrected chi connectivity index (χ1v) is 7.30. The van der Waals surface area contributed by atoms with Crippen LogP contribution >= 0.6 is 50.5 Å². The van der Waals surface area contributed by atoms with E-state index < -0.39 is 6.10 Å². The number of benzene rings is 1. The third-order valence-corrected chi connectivity index (χ3v) is 4.66. The summed E-state index contributed by atoms with van der Waals surface area (Å²) in [4.78, 5) is 0.919. The van der Waals surface area contributed by atoms with Gasteiger partial charge in [-0.05, 0) is 45.8 Å². The number of hydrogen-bond acceptors (Lipinski definition) is 2. The summed E-state index contributed by atoms with van der Waals surface area (Å²) < 4.78 is 1.01. The molecule has 2 rings (SSSR count). The standard InChI is InChI=1S/C12H9BrCl2OS/c13-12-4-3-11(17-12)10(16)5-7-1-2-8(14)6-9(7)15/h1-4,6,10,16H,5H2. The van der Waals surface area contributed by atoms with Crippen molar-refractivity contribution < 1.29 is 5.11 Å². The van der Waals surface area contributed by atoms with Crippen molar-refractivity contribution in [3.8, 4) is 0 Å². The van der Waals surface area contributed by atoms with Gasteiger partial charge in [0.15, 0.2) is 0 Å². The van der Waals surface area contributed by atoms with E-state index in [4.69, 9.17) is 23.2 Å². The summed E-state index contributed by atoms with van der Waals surface area (Å²) in [6.07, 6.45) is -0.0480. The fourth-order valence-corrected chi connectivity index (χ4v) is 3.40. The Morgan fingerprint density at radius 2 is 2.00 bits per heavy atom. The fraction of sp³-hybridized carbons (Fsp3) is 0.167. The molecule has 0 amide bonds. The van der Waals surface area contributed by atoms with Gasteiger partial charge < -0.3 is 5.11 Å². The second kappa shape index (κ2) is 5.72. The fourth-order valence-electron chi connectivity index (χ4n) is 1.50. The number of hydrogen-bond donors (Lipinski definition) is 1. The van der Waals surface area contributed by atoms with Crippen molar-refractivity contribution in [3.05, 3.63) is 54.6 Å². The van der Waals surface area contributed by atoms with E-state index in [1.54, 1.807) is 12.1 Å². The van der Waals surface area contributed by atoms with Gasteiger partial charge in [-0.2, -0.15) is 0 Å². The lowest BCUT2D eigenvalue weighted by atomic mass is 10.1. The molecule has 1 N–H and O–H groups in total. The molecule has 1 nitrogen and oxygen atoms in total. The molecule has 0 spiro atoms. The van der Waals surface area contributed by atoms with Gasteiger partial charge in [0.25, 0.3) is 0 Å². The smallest absolute Gasteiger partial charge is 0.0923 e. The zero-order valence-corrected chi connectivity index (χ0v) is 12.6. The molecule has 90 valence electrons. The average Bonchev–Trinajstić information content (AvgIpc) is 2.69. The number of thiophene rings is 1. The molecule has 5 heteroatoms. The molecule has 0 radical (unpaired) electrons. The van der Waals surface area contributed by atoms with E-state index in [9.17, 15) is 5.11 Å². The topological polar surface area (TPSA) is 20.2 Å². The van der Waals surface area contributed by atoms with Crippen LogP contribution in [0, 0.1) is 0 Å². The summed E-state index contributed by atoms with van der Waals surface area (Å²) in [6.45, 7) is 0. The first-order valence-electron chi connectivity index (χ1n) is 4.93. The molecule has 0 bridgehead atoms. The van der Waals surface area contributed by atoms with Gasteiger partial charge in [0.1, 0.15) is 0 Å². The summed E-state index contributed by atoms with van der Waals surface area (Å²) in [5.41, 5.74) is 0.896. The van der Waals surface area contributed by atoms with E-state index >= 15 is 0 Å². The first kappa shape index (κ1) is 13.4. The minimum atomic E-state index is -0.537. The number of aliphatic hydroxyl groups is 1. The van der Waals surface area contributed by atoms with Crippen LogP contribution in [0.1, 0.15) is 16.5 Å². The Morgan fingerprint density at radius 1 is 1.24 bits per heavy atom. The van der Waals surface area contributed by atoms with Gasteiger partial charge in [-0.3, -0.25) is 0 Å². The Morgan fingerprint density at radius 3 is 2.59 bits per heavy atom. The van der Waals surface area contributed by atoms with Gasteiger partial charge >= 0.3 is 0 Å². The van der Waals surface area contributed by atoms with Gasteiger partial charge in [0.05, 0.1) is 9.89 Å². The minimum absolute atomic E-state index is 0.489. The Balaban J connectivity index is 2.15. The van der Waals surface area contributed by atoms with Crippen LogP contribution in [0.5, 0.6) is 0 Å². The van der Waals surface area contributed by atoms with Crippen LogP contribution in [-0.4, -0.2) is 5.11 Å². The van der Waals surface area contributed by atoms with E-state index in [1.165, 1.54) is 11.3 Å². The largest absolute Gasteiger partial charge is 0.387 e. The van der Waals surface area contributed by atoms with E-state index in [-0.39, 0.29) is 0 Å². The summed E-state index contributed by atoms with van der Waals surface area (Å²) in [5, 5.41) is 11.3. The molecule has 17 heavy (non-hydrogen) atoms. The second-order valence-corrected chi connectivity index (χ2v) is 6.94. The van der Waals surface area contributed by atoms with Gasteiger partial charge in [0, 0.05) is 21.3 Å². The molecular weight excluding hydrogens is 343 g/mol. The van der Waals surface area contributed by atoms with Crippen LogP contribution in [-0.2, 0) is 6.42 Å². The predicted octanol–water partition coefficient (Wildman–Crippen LogP) is 5.09. The van der Waals surface area contributed by atoms with Crippen LogP contribution in [0.2, 0.25) is 10.0 Å². The molecule has 0 aliphatic carbocycles. The lowest BCUT2D eigenvalue weighted by Crippen LogP contribution is -2.00. The highest BCUT2D eigenvalue weighted by Gasteiger charge is 2.13. The maximum absolute atomic E-state index is 10.1. The van der Waals surface area contributed by atoms with Crippen molar-refractivity contribution in [2.45, 2.75) is 12.5 Å². The summed E-state index contributed by atoms with van der Waals surface area (Å²) >= 11 is 16.8. The third-order valence-electron chi connectivity index (χ3n) is 2.35. The van der Waals surface area contributed by atoms with Gasteiger partial charge in [-0.15, -0.1) is 11.3 Å². The second-order valence-electron chi connectivity index (χ2n) is 3.60. The van der Waals surface area contributed by atoms with Crippen molar-refractivity contribution >= 4 is 50.5 Å². The van der Waals surface area contributed by atoms with Crippen LogP contribution in [0.3, 0.4) is 0 Å². The van der Waals surface area contributed by atoms with E-state index in [0.717, 1.165) is 14.2 Å². The van der Waals surface area contributed by atoms with Crippen molar-refractivity contribution in [2.75, 3.05) is 0 Å². The van der Waals surface area contributed by atoms with Crippen molar-refractivity contribution in [1.29, 1.82) is 0 Å². The van der Waals surface area contributed by atoms with Crippen molar-refractivity contribution in [3.63, 3.8) is 0 Å². The summed E-state index contributed by atoms with van der Waals surface area (Å²) in [5.74, 6) is 0. The van der Waals surface area contributed by atoms with Crippen molar-refractivity contribution in [1.82, 2.24) is 0 Å². The quantitative estimate of drug-likeness (QED) is 0.816. The molecule has 0 aliphatic heterocycles. The van der Waals surface area contributed by atoms with Crippen LogP contribution in [0.25, 0.3) is 0 Å². The van der Waals surface area contributed by atoms with Gasteiger partial charge in [-0.1, -0.05) is 29.3 Å². The number of aliphatic hydroxyl groups excluding tert-OH is 1. The van der Waals surface area contributed by atoms with Crippen LogP contribution in [0.4, 0.5) is 0 Å². The molecule has 1 aromatic carbocycles. The van der Waals surface area contributed by atoms with Crippen molar-refractivity contribution in [2.24, 2.45) is 0 Å². The highest BCUT2D eigenvalue weighted by atomic mass is 79.9. The molecule has 1 atom stereocenters. The van der Waals surface area contributed by atoms with Crippen LogP contribution in [0.15, 0.2) is 34.1 Å². The Kier molecular flexibility index (Phi) is 4.50. The van der Waals surface area contributed by atoms with E-state index in [0.29, 0.717) is 16.5 Å². The SMILES string of the molecule is OC(Cc1ccc(Cl)cc1Cl)c1ccc(Br)s1. The van der Waals surface area contributed by atoms with E-state index in [2.05, 4.69) is 15.9 Å². The molecule has 0 saturated carbocycles. The van der Waals surface area contributed by atoms with Gasteiger partial charge in [0.2, 0.25) is 0 Å². The maximum Gasteiger partial charge on any atom is 0.0923 e. The summed E-state index contributed by atoms with van der Waals surface area (Å²) in [7, 11) is 0. The monoisotopic (exact) mass is 350 g/mol. The first-order chi connectivity index (χ1) is 8.06. The number of halogens is 3. The highest BCUT2D eigenvalue weighted by molar-refractivity contribution is 9.11. The zero-order valence-electron chi connectivity index (χ0n) is 8.66. The molecule has 2 aromatic rings. The molecule has 1 aromatic heterocycles. The number of rotatable bonds is 3. The normalized spacial score (nSPS) is 12.7. The Hall–Kier alpha value is -0.0600. The molecule has 1 unspecified atom stereocenters. The third kappa shape index (κ3) is 3.46.